The van der Waals surface area contributed by atoms with Gasteiger partial charge >= 0.3 is 35.5 Å². The minimum atomic E-state index is -1.03. The first-order valence-electron chi connectivity index (χ1n) is 6.23. The molecule has 3 aromatic rings. The van der Waals surface area contributed by atoms with Crippen molar-refractivity contribution in [1.29, 1.82) is 0 Å². The monoisotopic (exact) mass is 292 g/mol. The van der Waals surface area contributed by atoms with E-state index in [9.17, 15) is 9.90 Å². The fourth-order valence-corrected chi connectivity index (χ4v) is 2.07. The molecule has 0 radical (unpaired) electrons. The van der Waals surface area contributed by atoms with Crippen LogP contribution in [0, 0.1) is 0 Å². The van der Waals surface area contributed by atoms with Crippen LogP contribution in [0.3, 0.4) is 0 Å². The molecule has 0 saturated heterocycles. The van der Waals surface area contributed by atoms with Crippen LogP contribution in [0.25, 0.3) is 17.0 Å². The molecule has 3 heterocycles. The van der Waals surface area contributed by atoms with Crippen molar-refractivity contribution in [3.05, 3.63) is 47.9 Å². The van der Waals surface area contributed by atoms with Gasteiger partial charge in [0.05, 0.1) is 17.6 Å². The van der Waals surface area contributed by atoms with E-state index in [0.717, 1.165) is 12.1 Å². The number of carbonyl (C=O) groups is 1. The quantitative estimate of drug-likeness (QED) is 0.738. The van der Waals surface area contributed by atoms with Crippen LogP contribution in [0.2, 0.25) is 0 Å². The van der Waals surface area contributed by atoms with Gasteiger partial charge in [-0.3, -0.25) is 4.98 Å². The Bertz CT molecular complexity index is 786. The van der Waals surface area contributed by atoms with Crippen molar-refractivity contribution in [2.45, 2.75) is 13.3 Å². The molecule has 0 unspecified atom stereocenters. The predicted octanol–water partition coefficient (Wildman–Crippen LogP) is 1.40. The number of rotatable bonds is 3. The third kappa shape index (κ3) is 2.83. The number of nitrogens with zero attached hydrogens (tertiary/aromatic N) is 4. The van der Waals surface area contributed by atoms with Crippen LogP contribution in [-0.4, -0.2) is 60.2 Å². The maximum absolute atomic E-state index is 11.2. The van der Waals surface area contributed by atoms with E-state index < -0.39 is 5.97 Å². The van der Waals surface area contributed by atoms with Gasteiger partial charge < -0.3 is 5.11 Å². The van der Waals surface area contributed by atoms with Gasteiger partial charge in [-0.1, -0.05) is 13.0 Å². The average Bonchev–Trinajstić information content (AvgIpc) is 2.91. The Morgan fingerprint density at radius 1 is 1.33 bits per heavy atom. The molecular weight excluding hydrogens is 279 g/mol. The van der Waals surface area contributed by atoms with Gasteiger partial charge in [0, 0.05) is 11.9 Å². The second-order valence-corrected chi connectivity index (χ2v) is 4.30. The van der Waals surface area contributed by atoms with Crippen molar-refractivity contribution in [3.63, 3.8) is 0 Å². The minimum absolute atomic E-state index is 0. The molecule has 6 nitrogen and oxygen atoms in total. The fraction of sp³-hybridized carbons (Fsp3) is 0.143. The topological polar surface area (TPSA) is 80.4 Å². The van der Waals surface area contributed by atoms with E-state index in [1.165, 1.54) is 6.20 Å². The Balaban J connectivity index is 0.00000161. The molecule has 1 N–H and O–H groups in total. The van der Waals surface area contributed by atoms with Crippen LogP contribution in [0.4, 0.5) is 0 Å². The summed E-state index contributed by atoms with van der Waals surface area (Å²) in [6.07, 6.45) is 3.73. The average molecular weight is 292 g/mol. The standard InChI is InChI=1S/C14H12N4O2.Na.H/c1-2-9-7-12(11-5-3-4-6-15-11)17-13-10(14(19)20)8-16-18(9)13;;/h3-8H,2H2,1H3,(H,19,20);;. The van der Waals surface area contributed by atoms with Gasteiger partial charge in [-0.2, -0.15) is 5.10 Å². The number of aromatic carboxylic acids is 1. The predicted molar refractivity (Wildman–Crippen MR) is 79.7 cm³/mol. The number of aromatic nitrogens is 4. The first-order chi connectivity index (χ1) is 9.70. The normalized spacial score (nSPS) is 10.3. The van der Waals surface area contributed by atoms with E-state index >= 15 is 0 Å². The van der Waals surface area contributed by atoms with Crippen LogP contribution in [-0.2, 0) is 6.42 Å². The van der Waals surface area contributed by atoms with Crippen molar-refractivity contribution in [2.24, 2.45) is 0 Å². The zero-order chi connectivity index (χ0) is 14.1. The van der Waals surface area contributed by atoms with Gasteiger partial charge in [0.1, 0.15) is 5.56 Å². The number of hydrogen-bond acceptors (Lipinski definition) is 4. The molecule has 0 amide bonds. The summed E-state index contributed by atoms with van der Waals surface area (Å²) in [4.78, 5) is 19.9. The summed E-state index contributed by atoms with van der Waals surface area (Å²) in [5.74, 6) is -1.03. The zero-order valence-electron chi connectivity index (χ0n) is 10.8. The molecule has 0 aliphatic rings. The molecule has 0 spiro atoms. The van der Waals surface area contributed by atoms with E-state index in [2.05, 4.69) is 15.1 Å². The van der Waals surface area contributed by atoms with Crippen molar-refractivity contribution >= 4 is 41.2 Å². The summed E-state index contributed by atoms with van der Waals surface area (Å²) in [5, 5.41) is 13.3. The second-order valence-electron chi connectivity index (χ2n) is 4.30. The summed E-state index contributed by atoms with van der Waals surface area (Å²) in [6, 6.07) is 7.42. The summed E-state index contributed by atoms with van der Waals surface area (Å²) in [7, 11) is 0. The van der Waals surface area contributed by atoms with Crippen LogP contribution in [0.15, 0.2) is 36.7 Å². The molecule has 0 aliphatic carbocycles. The molecule has 0 fully saturated rings. The van der Waals surface area contributed by atoms with E-state index in [0.29, 0.717) is 17.0 Å². The molecule has 0 atom stereocenters. The molecule has 0 saturated carbocycles. The van der Waals surface area contributed by atoms with Crippen molar-refractivity contribution < 1.29 is 9.90 Å². The van der Waals surface area contributed by atoms with Crippen molar-refractivity contribution in [2.75, 3.05) is 0 Å². The molecule has 3 aromatic heterocycles. The summed E-state index contributed by atoms with van der Waals surface area (Å²) >= 11 is 0. The molecule has 0 aromatic carbocycles. The van der Waals surface area contributed by atoms with E-state index in [1.807, 2.05) is 31.2 Å². The van der Waals surface area contributed by atoms with Gasteiger partial charge in [0.2, 0.25) is 0 Å². The SMILES string of the molecule is CCc1cc(-c2ccccn2)nc2c(C(=O)O)cnn12.[NaH]. The third-order valence-electron chi connectivity index (χ3n) is 3.07. The molecule has 21 heavy (non-hydrogen) atoms. The molecule has 0 bridgehead atoms. The molecule has 3 rings (SSSR count). The Morgan fingerprint density at radius 3 is 2.76 bits per heavy atom. The Kier molecular flexibility index (Phi) is 4.72. The summed E-state index contributed by atoms with van der Waals surface area (Å²) in [5.41, 5.74) is 2.69. The van der Waals surface area contributed by atoms with E-state index in [4.69, 9.17) is 0 Å². The number of aryl methyl sites for hydroxylation is 1. The van der Waals surface area contributed by atoms with Crippen LogP contribution < -0.4 is 0 Å². The number of pyridine rings is 1. The van der Waals surface area contributed by atoms with Gasteiger partial charge in [0.25, 0.3) is 0 Å². The molecular formula is C14H13N4NaO2. The maximum atomic E-state index is 11.2. The van der Waals surface area contributed by atoms with Gasteiger partial charge in [-0.05, 0) is 24.6 Å². The molecule has 102 valence electrons. The van der Waals surface area contributed by atoms with Crippen LogP contribution >= 0.6 is 0 Å². The number of carboxylic acid groups (broad SMARTS) is 1. The number of carboxylic acids is 1. The van der Waals surface area contributed by atoms with Gasteiger partial charge in [0.15, 0.2) is 5.65 Å². The Labute approximate surface area is 143 Å². The summed E-state index contributed by atoms with van der Waals surface area (Å²) < 4.78 is 1.57. The first-order valence-corrected chi connectivity index (χ1v) is 6.23. The van der Waals surface area contributed by atoms with E-state index in [-0.39, 0.29) is 35.1 Å². The van der Waals surface area contributed by atoms with Crippen LogP contribution in [0.1, 0.15) is 23.0 Å². The second kappa shape index (κ2) is 6.34. The van der Waals surface area contributed by atoms with Crippen molar-refractivity contribution in [3.8, 4) is 11.4 Å². The van der Waals surface area contributed by atoms with Crippen molar-refractivity contribution in [1.82, 2.24) is 19.6 Å². The Hall–Kier alpha value is -1.76. The van der Waals surface area contributed by atoms with Crippen LogP contribution in [0.5, 0.6) is 0 Å². The number of fused-ring (bicyclic) bond motifs is 1. The summed E-state index contributed by atoms with van der Waals surface area (Å²) in [6.45, 7) is 1.99. The first kappa shape index (κ1) is 15.6. The Morgan fingerprint density at radius 2 is 2.14 bits per heavy atom. The zero-order valence-corrected chi connectivity index (χ0v) is 10.8. The van der Waals surface area contributed by atoms with Gasteiger partial charge in [-0.25, -0.2) is 14.3 Å². The van der Waals surface area contributed by atoms with Gasteiger partial charge in [-0.15, -0.1) is 0 Å². The number of hydrogen-bond donors (Lipinski definition) is 1. The molecule has 0 aliphatic heterocycles. The third-order valence-corrected chi connectivity index (χ3v) is 3.07. The van der Waals surface area contributed by atoms with E-state index in [1.54, 1.807) is 10.7 Å². The molecule has 7 heteroatoms. The fourth-order valence-electron chi connectivity index (χ4n) is 2.07.